The summed E-state index contributed by atoms with van der Waals surface area (Å²) in [6, 6.07) is 0. The lowest BCUT2D eigenvalue weighted by Crippen LogP contribution is -2.11. The van der Waals surface area contributed by atoms with E-state index in [0.29, 0.717) is 0 Å². The molecule has 0 aliphatic heterocycles. The van der Waals surface area contributed by atoms with Crippen molar-refractivity contribution in [2.45, 2.75) is 0 Å². The van der Waals surface area contributed by atoms with Gasteiger partial charge in [-0.05, 0) is 0 Å². The molecule has 0 bridgehead atoms. The summed E-state index contributed by atoms with van der Waals surface area (Å²) in [5, 5.41) is 9.66. The molecule has 10 heavy (non-hydrogen) atoms. The number of hydrogen-bond acceptors (Lipinski definition) is 4. The largest absolute Gasteiger partial charge is 0.456 e. The fourth-order valence-corrected chi connectivity index (χ4v) is 0.280. The number of nitro groups is 1. The summed E-state index contributed by atoms with van der Waals surface area (Å²) in [7, 11) is 0. The van der Waals surface area contributed by atoms with E-state index in [1.807, 2.05) is 0 Å². The molecule has 0 aliphatic rings. The van der Waals surface area contributed by atoms with Crippen LogP contribution < -0.4 is 0 Å². The van der Waals surface area contributed by atoms with Gasteiger partial charge in [0.2, 0.25) is 6.54 Å². The fourth-order valence-electron chi connectivity index (χ4n) is 0.280. The van der Waals surface area contributed by atoms with Gasteiger partial charge in [0, 0.05) is 11.0 Å². The smallest absolute Gasteiger partial charge is 0.330 e. The molecule has 0 saturated heterocycles. The van der Waals surface area contributed by atoms with Crippen LogP contribution in [0.1, 0.15) is 0 Å². The molecule has 0 aliphatic carbocycles. The van der Waals surface area contributed by atoms with Gasteiger partial charge in [-0.3, -0.25) is 10.1 Å². The third-order valence-electron chi connectivity index (χ3n) is 0.685. The number of esters is 1. The van der Waals surface area contributed by atoms with Gasteiger partial charge in [-0.25, -0.2) is 4.79 Å². The lowest BCUT2D eigenvalue weighted by Gasteiger charge is -1.94. The average molecular weight is 145 g/mol. The Bertz CT molecular complexity index is 154. The molecule has 56 valence electrons. The molecule has 0 aromatic heterocycles. The SMILES string of the molecule is C=CC(=O)OCC[N+](=O)[O-]. The Labute approximate surface area is 57.4 Å². The van der Waals surface area contributed by atoms with Crippen molar-refractivity contribution < 1.29 is 14.5 Å². The maximum absolute atomic E-state index is 10.2. The predicted octanol–water partition coefficient (Wildman–Crippen LogP) is -0.00770. The summed E-state index contributed by atoms with van der Waals surface area (Å²) < 4.78 is 4.30. The fraction of sp³-hybridized carbons (Fsp3) is 0.400. The highest BCUT2D eigenvalue weighted by molar-refractivity contribution is 5.81. The topological polar surface area (TPSA) is 69.4 Å². The Balaban J connectivity index is 3.28. The molecule has 0 saturated carbocycles. The second-order valence-corrected chi connectivity index (χ2v) is 1.43. The van der Waals surface area contributed by atoms with E-state index in [1.54, 1.807) is 0 Å². The van der Waals surface area contributed by atoms with Gasteiger partial charge >= 0.3 is 5.97 Å². The molecule has 0 N–H and O–H groups in total. The molecular formula is C5H7NO4. The van der Waals surface area contributed by atoms with Gasteiger partial charge in [0.25, 0.3) is 0 Å². The van der Waals surface area contributed by atoms with E-state index in [-0.39, 0.29) is 13.2 Å². The highest BCUT2D eigenvalue weighted by atomic mass is 16.6. The van der Waals surface area contributed by atoms with Crippen molar-refractivity contribution in [3.63, 3.8) is 0 Å². The maximum atomic E-state index is 10.2. The zero-order chi connectivity index (χ0) is 7.98. The highest BCUT2D eigenvalue weighted by Gasteiger charge is 1.99. The van der Waals surface area contributed by atoms with E-state index in [4.69, 9.17) is 0 Å². The average Bonchev–Trinajstić information content (AvgIpc) is 1.87. The van der Waals surface area contributed by atoms with Crippen LogP contribution in [0.3, 0.4) is 0 Å². The van der Waals surface area contributed by atoms with E-state index in [0.717, 1.165) is 6.08 Å². The zero-order valence-electron chi connectivity index (χ0n) is 5.28. The minimum atomic E-state index is -0.637. The molecule has 5 heteroatoms. The molecule has 0 aromatic carbocycles. The van der Waals surface area contributed by atoms with E-state index in [9.17, 15) is 14.9 Å². The first-order chi connectivity index (χ1) is 4.66. The van der Waals surface area contributed by atoms with E-state index >= 15 is 0 Å². The maximum Gasteiger partial charge on any atom is 0.330 e. The van der Waals surface area contributed by atoms with Gasteiger partial charge in [0.1, 0.15) is 0 Å². The summed E-state index contributed by atoms with van der Waals surface area (Å²) in [5.74, 6) is -0.637. The Hall–Kier alpha value is -1.39. The summed E-state index contributed by atoms with van der Waals surface area (Å²) in [5.41, 5.74) is 0. The van der Waals surface area contributed by atoms with Crippen molar-refractivity contribution in [1.82, 2.24) is 0 Å². The molecular weight excluding hydrogens is 138 g/mol. The molecule has 0 spiro atoms. The van der Waals surface area contributed by atoms with Gasteiger partial charge in [-0.2, -0.15) is 0 Å². The van der Waals surface area contributed by atoms with Crippen LogP contribution in [0.5, 0.6) is 0 Å². The predicted molar refractivity (Wildman–Crippen MR) is 33.0 cm³/mol. The monoisotopic (exact) mass is 145 g/mol. The number of carbonyl (C=O) groups excluding carboxylic acids is 1. The summed E-state index contributed by atoms with van der Waals surface area (Å²) in [6.45, 7) is 2.56. The van der Waals surface area contributed by atoms with Crippen LogP contribution in [-0.4, -0.2) is 24.0 Å². The first kappa shape index (κ1) is 8.61. The van der Waals surface area contributed by atoms with Crippen LogP contribution in [0.2, 0.25) is 0 Å². The molecule has 0 radical (unpaired) electrons. The Morgan fingerprint density at radius 3 is 2.80 bits per heavy atom. The van der Waals surface area contributed by atoms with Crippen LogP contribution >= 0.6 is 0 Å². The van der Waals surface area contributed by atoms with Gasteiger partial charge in [0.05, 0.1) is 0 Å². The number of rotatable bonds is 4. The third kappa shape index (κ3) is 4.76. The van der Waals surface area contributed by atoms with Crippen molar-refractivity contribution >= 4 is 5.97 Å². The van der Waals surface area contributed by atoms with Gasteiger partial charge in [-0.15, -0.1) is 0 Å². The zero-order valence-corrected chi connectivity index (χ0v) is 5.28. The standard InChI is InChI=1S/C5H7NO4/c1-2-5(7)10-4-3-6(8)9/h2H,1,3-4H2. The minimum absolute atomic E-state index is 0.197. The molecule has 5 nitrogen and oxygen atoms in total. The second-order valence-electron chi connectivity index (χ2n) is 1.43. The quantitative estimate of drug-likeness (QED) is 0.241. The van der Waals surface area contributed by atoms with Gasteiger partial charge < -0.3 is 4.74 Å². The van der Waals surface area contributed by atoms with Crippen molar-refractivity contribution in [1.29, 1.82) is 0 Å². The lowest BCUT2D eigenvalue weighted by molar-refractivity contribution is -0.482. The van der Waals surface area contributed by atoms with Crippen LogP contribution in [0.15, 0.2) is 12.7 Å². The highest BCUT2D eigenvalue weighted by Crippen LogP contribution is 1.78. The van der Waals surface area contributed by atoms with Crippen molar-refractivity contribution in [2.24, 2.45) is 0 Å². The first-order valence-corrected chi connectivity index (χ1v) is 2.58. The van der Waals surface area contributed by atoms with E-state index < -0.39 is 10.9 Å². The van der Waals surface area contributed by atoms with Gasteiger partial charge in [0.15, 0.2) is 6.61 Å². The van der Waals surface area contributed by atoms with Crippen molar-refractivity contribution in [3.05, 3.63) is 22.8 Å². The molecule has 0 rings (SSSR count). The normalized spacial score (nSPS) is 8.40. The second kappa shape index (κ2) is 4.49. The molecule has 0 atom stereocenters. The van der Waals surface area contributed by atoms with Crippen molar-refractivity contribution in [2.75, 3.05) is 13.2 Å². The molecule has 0 amide bonds. The molecule has 0 heterocycles. The van der Waals surface area contributed by atoms with Gasteiger partial charge in [-0.1, -0.05) is 6.58 Å². The Morgan fingerprint density at radius 1 is 1.80 bits per heavy atom. The van der Waals surface area contributed by atoms with Crippen LogP contribution in [0.4, 0.5) is 0 Å². The molecule has 0 fully saturated rings. The molecule has 0 unspecified atom stereocenters. The van der Waals surface area contributed by atoms with Crippen molar-refractivity contribution in [3.8, 4) is 0 Å². The van der Waals surface area contributed by atoms with Crippen LogP contribution in [0, 0.1) is 10.1 Å². The van der Waals surface area contributed by atoms with E-state index in [1.165, 1.54) is 0 Å². The lowest BCUT2D eigenvalue weighted by atomic mass is 10.6. The summed E-state index contributed by atoms with van der Waals surface area (Å²) in [4.78, 5) is 19.3. The van der Waals surface area contributed by atoms with E-state index in [2.05, 4.69) is 11.3 Å². The first-order valence-electron chi connectivity index (χ1n) is 2.58. The third-order valence-corrected chi connectivity index (χ3v) is 0.685. The number of hydrogen-bond donors (Lipinski definition) is 0. The Morgan fingerprint density at radius 2 is 2.40 bits per heavy atom. The van der Waals surface area contributed by atoms with Crippen LogP contribution in [0.25, 0.3) is 0 Å². The van der Waals surface area contributed by atoms with Crippen LogP contribution in [-0.2, 0) is 9.53 Å². The number of ether oxygens (including phenoxy) is 1. The number of carbonyl (C=O) groups is 1. The minimum Gasteiger partial charge on any atom is -0.456 e. The Kier molecular flexibility index (Phi) is 3.86. The summed E-state index contributed by atoms with van der Waals surface area (Å²) in [6.07, 6.45) is 0.958. The molecule has 0 aromatic rings. The summed E-state index contributed by atoms with van der Waals surface area (Å²) >= 11 is 0. The number of nitrogens with zero attached hydrogens (tertiary/aromatic N) is 1.